The topological polar surface area (TPSA) is 47.8 Å². The average molecular weight is 319 g/mol. The molecule has 1 aromatic carbocycles. The van der Waals surface area contributed by atoms with E-state index >= 15 is 0 Å². The van der Waals surface area contributed by atoms with Gasteiger partial charge in [0.15, 0.2) is 0 Å². The first kappa shape index (κ1) is 15.1. The number of rotatable bonds is 4. The lowest BCUT2D eigenvalue weighted by Crippen LogP contribution is -2.14. The van der Waals surface area contributed by atoms with Crippen LogP contribution in [0.1, 0.15) is 31.4 Å². The van der Waals surface area contributed by atoms with Crippen molar-refractivity contribution in [2.24, 2.45) is 13.0 Å². The standard InChI is InChI=1S/C20H21N3O/c1-23-13-18(12-22-23)15-6-7-16-11-21-19(9-17(16)8-15)10-20(24)14-4-2-3-5-14/h6-9,11-14H,2-5,10H2,1H3. The van der Waals surface area contributed by atoms with Gasteiger partial charge in [0.05, 0.1) is 6.20 Å². The van der Waals surface area contributed by atoms with Crippen molar-refractivity contribution in [2.45, 2.75) is 32.1 Å². The van der Waals surface area contributed by atoms with Crippen molar-refractivity contribution in [3.63, 3.8) is 0 Å². The molecule has 0 saturated heterocycles. The summed E-state index contributed by atoms with van der Waals surface area (Å²) >= 11 is 0. The SMILES string of the molecule is Cn1cc(-c2ccc3cnc(CC(=O)C4CCCC4)cc3c2)cn1. The highest BCUT2D eigenvalue weighted by Crippen LogP contribution is 2.27. The number of carbonyl (C=O) groups is 1. The van der Waals surface area contributed by atoms with Gasteiger partial charge in [0, 0.05) is 48.4 Å². The van der Waals surface area contributed by atoms with E-state index in [0.717, 1.165) is 40.4 Å². The number of nitrogens with zero attached hydrogens (tertiary/aromatic N) is 3. The van der Waals surface area contributed by atoms with E-state index < -0.39 is 0 Å². The number of hydrogen-bond acceptors (Lipinski definition) is 3. The van der Waals surface area contributed by atoms with E-state index in [9.17, 15) is 4.79 Å². The third-order valence-corrected chi connectivity index (χ3v) is 4.98. The monoisotopic (exact) mass is 319 g/mol. The van der Waals surface area contributed by atoms with Crippen LogP contribution in [-0.2, 0) is 18.3 Å². The molecule has 0 unspecified atom stereocenters. The van der Waals surface area contributed by atoms with Gasteiger partial charge >= 0.3 is 0 Å². The summed E-state index contributed by atoms with van der Waals surface area (Å²) in [5, 5.41) is 6.46. The van der Waals surface area contributed by atoms with Gasteiger partial charge in [0.25, 0.3) is 0 Å². The Bertz CT molecular complexity index is 891. The van der Waals surface area contributed by atoms with Crippen molar-refractivity contribution in [1.82, 2.24) is 14.8 Å². The number of Topliss-reactive ketones (excluding diaryl/α,β-unsaturated/α-hetero) is 1. The van der Waals surface area contributed by atoms with Crippen LogP contribution in [-0.4, -0.2) is 20.5 Å². The number of aromatic nitrogens is 3. The van der Waals surface area contributed by atoms with Crippen molar-refractivity contribution < 1.29 is 4.79 Å². The minimum Gasteiger partial charge on any atom is -0.299 e. The summed E-state index contributed by atoms with van der Waals surface area (Å²) in [6, 6.07) is 8.37. The van der Waals surface area contributed by atoms with Crippen molar-refractivity contribution >= 4 is 16.6 Å². The molecule has 0 bridgehead atoms. The summed E-state index contributed by atoms with van der Waals surface area (Å²) in [7, 11) is 1.92. The van der Waals surface area contributed by atoms with Gasteiger partial charge in [-0.15, -0.1) is 0 Å². The Morgan fingerprint density at radius 3 is 2.71 bits per heavy atom. The Morgan fingerprint density at radius 1 is 1.12 bits per heavy atom. The van der Waals surface area contributed by atoms with Crippen LogP contribution in [0.2, 0.25) is 0 Å². The molecule has 1 aliphatic carbocycles. The second-order valence-corrected chi connectivity index (χ2v) is 6.76. The van der Waals surface area contributed by atoms with Crippen LogP contribution in [0.5, 0.6) is 0 Å². The first-order chi connectivity index (χ1) is 11.7. The summed E-state index contributed by atoms with van der Waals surface area (Å²) < 4.78 is 1.80. The van der Waals surface area contributed by atoms with Crippen LogP contribution < -0.4 is 0 Å². The van der Waals surface area contributed by atoms with Crippen LogP contribution in [0.3, 0.4) is 0 Å². The van der Waals surface area contributed by atoms with Crippen LogP contribution in [0, 0.1) is 5.92 Å². The number of aryl methyl sites for hydroxylation is 1. The lowest BCUT2D eigenvalue weighted by atomic mass is 9.97. The maximum atomic E-state index is 12.4. The molecule has 4 nitrogen and oxygen atoms in total. The van der Waals surface area contributed by atoms with Gasteiger partial charge in [-0.1, -0.05) is 25.0 Å². The molecule has 0 atom stereocenters. The zero-order valence-corrected chi connectivity index (χ0v) is 13.9. The maximum absolute atomic E-state index is 12.4. The average Bonchev–Trinajstić information content (AvgIpc) is 3.25. The first-order valence-corrected chi connectivity index (χ1v) is 8.59. The fraction of sp³-hybridized carbons (Fsp3) is 0.350. The normalized spacial score (nSPS) is 15.2. The Labute approximate surface area is 141 Å². The predicted octanol–water partition coefficient (Wildman–Crippen LogP) is 3.94. The third-order valence-electron chi connectivity index (χ3n) is 4.98. The molecule has 0 N–H and O–H groups in total. The summed E-state index contributed by atoms with van der Waals surface area (Å²) in [4.78, 5) is 16.9. The van der Waals surface area contributed by atoms with E-state index in [4.69, 9.17) is 0 Å². The van der Waals surface area contributed by atoms with Gasteiger partial charge in [-0.2, -0.15) is 5.10 Å². The summed E-state index contributed by atoms with van der Waals surface area (Å²) in [5.41, 5.74) is 3.11. The molecule has 0 amide bonds. The molecule has 1 aliphatic rings. The van der Waals surface area contributed by atoms with E-state index in [2.05, 4.69) is 34.3 Å². The fourth-order valence-electron chi connectivity index (χ4n) is 3.60. The lowest BCUT2D eigenvalue weighted by molar-refractivity contribution is -0.122. The van der Waals surface area contributed by atoms with Crippen molar-refractivity contribution in [3.05, 3.63) is 48.5 Å². The molecule has 4 rings (SSSR count). The summed E-state index contributed by atoms with van der Waals surface area (Å²) in [6.45, 7) is 0. The molecule has 1 fully saturated rings. The van der Waals surface area contributed by atoms with E-state index in [1.54, 1.807) is 4.68 Å². The molecule has 0 spiro atoms. The number of pyridine rings is 1. The van der Waals surface area contributed by atoms with Gasteiger partial charge < -0.3 is 0 Å². The first-order valence-electron chi connectivity index (χ1n) is 8.59. The largest absolute Gasteiger partial charge is 0.299 e. The zero-order valence-electron chi connectivity index (χ0n) is 13.9. The number of ketones is 1. The molecule has 3 aromatic rings. The van der Waals surface area contributed by atoms with E-state index in [-0.39, 0.29) is 5.92 Å². The zero-order chi connectivity index (χ0) is 16.5. The number of hydrogen-bond donors (Lipinski definition) is 0. The van der Waals surface area contributed by atoms with Gasteiger partial charge in [0.2, 0.25) is 0 Å². The molecular weight excluding hydrogens is 298 g/mol. The highest BCUT2D eigenvalue weighted by atomic mass is 16.1. The van der Waals surface area contributed by atoms with E-state index in [1.165, 1.54) is 12.8 Å². The van der Waals surface area contributed by atoms with Gasteiger partial charge in [-0.3, -0.25) is 14.5 Å². The fourth-order valence-corrected chi connectivity index (χ4v) is 3.60. The molecule has 122 valence electrons. The third kappa shape index (κ3) is 2.96. The number of benzene rings is 1. The van der Waals surface area contributed by atoms with Crippen LogP contribution in [0.25, 0.3) is 21.9 Å². The Morgan fingerprint density at radius 2 is 1.96 bits per heavy atom. The second kappa shape index (κ2) is 6.19. The molecule has 0 aliphatic heterocycles. The van der Waals surface area contributed by atoms with Gasteiger partial charge in [0.1, 0.15) is 5.78 Å². The minimum absolute atomic E-state index is 0.254. The molecule has 2 aromatic heterocycles. The Kier molecular flexibility index (Phi) is 3.89. The number of carbonyl (C=O) groups excluding carboxylic acids is 1. The smallest absolute Gasteiger partial charge is 0.141 e. The van der Waals surface area contributed by atoms with E-state index in [0.29, 0.717) is 12.2 Å². The Balaban J connectivity index is 1.62. The highest BCUT2D eigenvalue weighted by molar-refractivity contribution is 5.88. The van der Waals surface area contributed by atoms with E-state index in [1.807, 2.05) is 25.6 Å². The highest BCUT2D eigenvalue weighted by Gasteiger charge is 2.22. The quantitative estimate of drug-likeness (QED) is 0.732. The van der Waals surface area contributed by atoms with Crippen LogP contribution in [0.4, 0.5) is 0 Å². The lowest BCUT2D eigenvalue weighted by Gasteiger charge is -2.08. The van der Waals surface area contributed by atoms with Gasteiger partial charge in [-0.05, 0) is 35.9 Å². The van der Waals surface area contributed by atoms with Crippen molar-refractivity contribution in [2.75, 3.05) is 0 Å². The second-order valence-electron chi connectivity index (χ2n) is 6.76. The van der Waals surface area contributed by atoms with Crippen LogP contribution in [0.15, 0.2) is 42.9 Å². The molecule has 2 heterocycles. The number of fused-ring (bicyclic) bond motifs is 1. The molecule has 24 heavy (non-hydrogen) atoms. The molecule has 4 heteroatoms. The summed E-state index contributed by atoms with van der Waals surface area (Å²) in [6.07, 6.45) is 10.7. The summed E-state index contributed by atoms with van der Waals surface area (Å²) in [5.74, 6) is 0.604. The van der Waals surface area contributed by atoms with Crippen LogP contribution >= 0.6 is 0 Å². The minimum atomic E-state index is 0.254. The van der Waals surface area contributed by atoms with Gasteiger partial charge in [-0.25, -0.2) is 0 Å². The maximum Gasteiger partial charge on any atom is 0.141 e. The Hall–Kier alpha value is -2.49. The predicted molar refractivity (Wildman–Crippen MR) is 94.6 cm³/mol. The van der Waals surface area contributed by atoms with Crippen molar-refractivity contribution in [3.8, 4) is 11.1 Å². The molecule has 1 saturated carbocycles. The molecule has 0 radical (unpaired) electrons. The van der Waals surface area contributed by atoms with Crippen molar-refractivity contribution in [1.29, 1.82) is 0 Å². The molecular formula is C20H21N3O.